The number of rotatable bonds is 10. The molecule has 4 rings (SSSR count). The van der Waals surface area contributed by atoms with Gasteiger partial charge in [0.05, 0.1) is 19.3 Å². The van der Waals surface area contributed by atoms with Gasteiger partial charge in [-0.2, -0.15) is 0 Å². The number of halogens is 1. The summed E-state index contributed by atoms with van der Waals surface area (Å²) in [7, 11) is 1.66. The first kappa shape index (κ1) is 31.3. The van der Waals surface area contributed by atoms with Crippen LogP contribution < -0.4 is 16.2 Å². The lowest BCUT2D eigenvalue weighted by Crippen LogP contribution is -2.55. The zero-order valence-corrected chi connectivity index (χ0v) is 24.7. The molecule has 2 aromatic rings. The molecule has 2 aliphatic rings. The number of hydrogen-bond acceptors (Lipinski definition) is 7. The number of methoxy groups -OCH3 is 1. The van der Waals surface area contributed by atoms with Crippen molar-refractivity contribution in [3.8, 4) is 11.1 Å². The molecule has 8 nitrogen and oxygen atoms in total. The molecule has 1 amide bonds. The molecule has 5 atom stereocenters. The number of unbranched alkanes of at least 4 members (excludes halogenated alkanes) is 1. The minimum Gasteiger partial charge on any atom is -0.391 e. The van der Waals surface area contributed by atoms with E-state index < -0.39 is 23.9 Å². The van der Waals surface area contributed by atoms with Gasteiger partial charge in [0.1, 0.15) is 11.7 Å². The predicted molar refractivity (Wildman–Crippen MR) is 161 cm³/mol. The fourth-order valence-corrected chi connectivity index (χ4v) is 6.41. The number of aliphatic hydroxyl groups excluding tert-OH is 1. The summed E-state index contributed by atoms with van der Waals surface area (Å²) >= 11 is 6.90. The van der Waals surface area contributed by atoms with E-state index in [9.17, 15) is 15.0 Å². The Morgan fingerprint density at radius 1 is 1.34 bits per heavy atom. The summed E-state index contributed by atoms with van der Waals surface area (Å²) in [4.78, 5) is 19.7. The van der Waals surface area contributed by atoms with E-state index >= 15 is 0 Å². The Balaban J connectivity index is 1.79. The predicted octanol–water partition coefficient (Wildman–Crippen LogP) is 2.50. The minimum absolute atomic E-state index is 0.0587. The second-order valence-electron chi connectivity index (χ2n) is 11.0. The highest BCUT2D eigenvalue weighted by atomic mass is 35.5. The van der Waals surface area contributed by atoms with Gasteiger partial charge in [0.25, 0.3) is 0 Å². The van der Waals surface area contributed by atoms with E-state index in [1.165, 1.54) is 0 Å². The van der Waals surface area contributed by atoms with Crippen LogP contribution in [0.2, 0.25) is 5.02 Å². The van der Waals surface area contributed by atoms with Crippen LogP contribution in [-0.2, 0) is 19.9 Å². The van der Waals surface area contributed by atoms with Crippen molar-refractivity contribution in [2.75, 3.05) is 33.4 Å². The summed E-state index contributed by atoms with van der Waals surface area (Å²) in [6.45, 7) is 7.31. The number of hydrogen-bond donors (Lipinski definition) is 3. The topological polar surface area (TPSA) is 118 Å². The number of allylic oxidation sites excluding steroid dienone is 1. The molecule has 4 N–H and O–H groups in total. The van der Waals surface area contributed by atoms with E-state index in [-0.39, 0.29) is 25.0 Å². The van der Waals surface area contributed by atoms with Crippen LogP contribution in [0.25, 0.3) is 23.3 Å². The zero-order valence-electron chi connectivity index (χ0n) is 24.0. The molecule has 2 fully saturated rings. The van der Waals surface area contributed by atoms with E-state index in [2.05, 4.69) is 11.6 Å². The van der Waals surface area contributed by atoms with Gasteiger partial charge in [-0.05, 0) is 61.1 Å². The number of nitrogens with zero attached hydrogens (tertiary/aromatic N) is 2. The Hall–Kier alpha value is -2.59. The molecule has 1 aromatic heterocycles. The first-order valence-corrected chi connectivity index (χ1v) is 14.7. The van der Waals surface area contributed by atoms with Crippen LogP contribution >= 0.6 is 11.6 Å². The first-order valence-electron chi connectivity index (χ1n) is 14.3. The molecular formula is C32H42ClN3O5. The largest absolute Gasteiger partial charge is 0.391 e. The van der Waals surface area contributed by atoms with Crippen LogP contribution in [0.5, 0.6) is 0 Å². The fourth-order valence-electron chi connectivity index (χ4n) is 6.13. The van der Waals surface area contributed by atoms with Crippen LogP contribution in [0.3, 0.4) is 0 Å². The monoisotopic (exact) mass is 583 g/mol. The van der Waals surface area contributed by atoms with Gasteiger partial charge in [0.2, 0.25) is 5.91 Å². The summed E-state index contributed by atoms with van der Waals surface area (Å²) in [5.74, 6) is -0.400. The highest BCUT2D eigenvalue weighted by molar-refractivity contribution is 6.33. The van der Waals surface area contributed by atoms with Gasteiger partial charge >= 0.3 is 0 Å². The lowest BCUT2D eigenvalue weighted by Gasteiger charge is -2.44. The normalized spacial score (nSPS) is 25.4. The highest BCUT2D eigenvalue weighted by Crippen LogP contribution is 2.42. The summed E-state index contributed by atoms with van der Waals surface area (Å²) < 4.78 is 11.5. The number of aromatic nitrogens is 1. The van der Waals surface area contributed by atoms with Crippen molar-refractivity contribution in [3.63, 3.8) is 0 Å². The van der Waals surface area contributed by atoms with Gasteiger partial charge < -0.3 is 30.3 Å². The van der Waals surface area contributed by atoms with Crippen LogP contribution in [-0.4, -0.2) is 77.7 Å². The van der Waals surface area contributed by atoms with Crippen molar-refractivity contribution in [2.45, 2.75) is 62.9 Å². The average Bonchev–Trinajstić information content (AvgIpc) is 3.32. The maximum Gasteiger partial charge on any atom is 0.226 e. The zero-order chi connectivity index (χ0) is 29.6. The third-order valence-corrected chi connectivity index (χ3v) is 8.67. The molecule has 0 spiro atoms. The second-order valence-corrected chi connectivity index (χ2v) is 11.4. The summed E-state index contributed by atoms with van der Waals surface area (Å²) in [6, 6.07) is 5.11. The average molecular weight is 584 g/mol. The number of carbonyl (C=O) groups excluding carboxylic acids is 1. The summed E-state index contributed by atoms with van der Waals surface area (Å²) in [5.41, 5.74) is 6.59. The SMILES string of the molecule is C=C/C=c1/c(-c2c(Cl)cccc2[C@@](O)(CCCCOC)C2CN(C(=O)[C@H]3C[C@@H](N)[C@@H](O)C3)CCO2)cnc/c1=C/C. The van der Waals surface area contributed by atoms with E-state index in [0.29, 0.717) is 55.0 Å². The number of nitrogens with two attached hydrogens (primary N) is 1. The molecule has 1 saturated heterocycles. The van der Waals surface area contributed by atoms with Gasteiger partial charge in [0.15, 0.2) is 0 Å². The maximum atomic E-state index is 13.5. The van der Waals surface area contributed by atoms with E-state index in [4.69, 9.17) is 26.8 Å². The molecule has 9 heteroatoms. The smallest absolute Gasteiger partial charge is 0.226 e. The van der Waals surface area contributed by atoms with Gasteiger partial charge in [-0.25, -0.2) is 0 Å². The van der Waals surface area contributed by atoms with Crippen LogP contribution in [0, 0.1) is 5.92 Å². The Morgan fingerprint density at radius 3 is 2.83 bits per heavy atom. The van der Waals surface area contributed by atoms with Crippen LogP contribution in [0.15, 0.2) is 43.2 Å². The molecule has 1 saturated carbocycles. The highest BCUT2D eigenvalue weighted by Gasteiger charge is 2.46. The van der Waals surface area contributed by atoms with Crippen LogP contribution in [0.4, 0.5) is 0 Å². The van der Waals surface area contributed by atoms with Crippen molar-refractivity contribution in [1.29, 1.82) is 0 Å². The number of benzene rings is 1. The Kier molecular flexibility index (Phi) is 10.7. The molecular weight excluding hydrogens is 542 g/mol. The molecule has 222 valence electrons. The number of morpholine rings is 1. The van der Waals surface area contributed by atoms with Gasteiger partial charge in [0, 0.05) is 60.8 Å². The van der Waals surface area contributed by atoms with Crippen molar-refractivity contribution >= 4 is 29.7 Å². The third kappa shape index (κ3) is 6.74. The van der Waals surface area contributed by atoms with Crippen molar-refractivity contribution < 1.29 is 24.5 Å². The van der Waals surface area contributed by atoms with E-state index in [1.807, 2.05) is 31.2 Å². The number of ether oxygens (including phenoxy) is 2. The third-order valence-electron chi connectivity index (χ3n) is 8.36. The molecule has 2 heterocycles. The molecule has 1 aliphatic carbocycles. The fraction of sp³-hybridized carbons (Fsp3) is 0.500. The molecule has 41 heavy (non-hydrogen) atoms. The maximum absolute atomic E-state index is 13.5. The van der Waals surface area contributed by atoms with Gasteiger partial charge in [-0.1, -0.05) is 48.5 Å². The second kappa shape index (κ2) is 14.1. The molecule has 1 unspecified atom stereocenters. The first-order chi connectivity index (χ1) is 19.7. The minimum atomic E-state index is -1.48. The molecule has 1 aliphatic heterocycles. The molecule has 1 aromatic carbocycles. The Morgan fingerprint density at radius 2 is 2.15 bits per heavy atom. The molecule has 0 radical (unpaired) electrons. The van der Waals surface area contributed by atoms with Crippen molar-refractivity contribution in [1.82, 2.24) is 9.88 Å². The van der Waals surface area contributed by atoms with Gasteiger partial charge in [-0.3, -0.25) is 9.78 Å². The number of amides is 1. The lowest BCUT2D eigenvalue weighted by molar-refractivity contribution is -0.167. The van der Waals surface area contributed by atoms with E-state index in [1.54, 1.807) is 36.5 Å². The van der Waals surface area contributed by atoms with E-state index in [0.717, 1.165) is 22.4 Å². The number of aliphatic hydroxyl groups is 2. The number of pyridine rings is 1. The quantitative estimate of drug-likeness (QED) is 0.368. The van der Waals surface area contributed by atoms with Crippen LogP contribution in [0.1, 0.15) is 44.6 Å². The number of carbonyl (C=O) groups is 1. The van der Waals surface area contributed by atoms with Crippen molar-refractivity contribution in [2.24, 2.45) is 11.7 Å². The molecule has 0 bridgehead atoms. The Labute approximate surface area is 247 Å². The summed E-state index contributed by atoms with van der Waals surface area (Å²) in [6.07, 6.45) is 10.3. The Bertz CT molecular complexity index is 1340. The summed E-state index contributed by atoms with van der Waals surface area (Å²) in [5, 5.41) is 25.1. The van der Waals surface area contributed by atoms with Crippen molar-refractivity contribution in [3.05, 3.63) is 64.3 Å². The lowest BCUT2D eigenvalue weighted by atomic mass is 9.78. The standard InChI is InChI=1S/C32H42ClN3O5/c1-4-9-23-21(5-2)18-35-19-24(23)30-25(10-8-11-26(30)33)32(39,12-6-7-14-40-3)29-20-36(13-15-41-29)31(38)22-16-27(34)28(37)17-22/h4-5,8-11,18-19,22,27-29,37,39H,1,6-7,12-17,20,34H2,2-3H3/b21-5-,23-9+/t22-,27+,28-,29?,32-/m0/s1. The van der Waals surface area contributed by atoms with Gasteiger partial charge in [-0.15, -0.1) is 0 Å².